The van der Waals surface area contributed by atoms with E-state index >= 15 is 0 Å². The van der Waals surface area contributed by atoms with Gasteiger partial charge in [-0.2, -0.15) is 8.78 Å². The Hall–Kier alpha value is -2.83. The summed E-state index contributed by atoms with van der Waals surface area (Å²) in [6.45, 7) is -2.57. The first-order valence-corrected chi connectivity index (χ1v) is 7.46. The largest absolute Gasteiger partial charge is 0.497 e. The molecular formula is C18H19F2NO4. The van der Waals surface area contributed by atoms with Crippen molar-refractivity contribution in [2.45, 2.75) is 13.2 Å². The maximum atomic E-state index is 12.7. The number of rotatable bonds is 7. The van der Waals surface area contributed by atoms with Crippen LogP contribution in [0.2, 0.25) is 0 Å². The molecular weight excluding hydrogens is 332 g/mol. The van der Waals surface area contributed by atoms with Crippen molar-refractivity contribution in [2.75, 3.05) is 21.3 Å². The molecule has 2 aromatic rings. The van der Waals surface area contributed by atoms with Gasteiger partial charge in [0.2, 0.25) is 0 Å². The van der Waals surface area contributed by atoms with E-state index in [4.69, 9.17) is 9.47 Å². The van der Waals surface area contributed by atoms with Crippen molar-refractivity contribution < 1.29 is 27.8 Å². The van der Waals surface area contributed by atoms with Gasteiger partial charge in [0, 0.05) is 13.6 Å². The van der Waals surface area contributed by atoms with Crippen LogP contribution in [0.1, 0.15) is 15.9 Å². The second-order valence-corrected chi connectivity index (χ2v) is 5.25. The predicted octanol–water partition coefficient (Wildman–Crippen LogP) is 3.58. The molecule has 0 radical (unpaired) electrons. The fraction of sp³-hybridized carbons (Fsp3) is 0.278. The van der Waals surface area contributed by atoms with E-state index in [-0.39, 0.29) is 11.7 Å². The van der Waals surface area contributed by atoms with Crippen LogP contribution in [0.25, 0.3) is 0 Å². The van der Waals surface area contributed by atoms with E-state index in [9.17, 15) is 13.6 Å². The van der Waals surface area contributed by atoms with Gasteiger partial charge in [-0.25, -0.2) is 0 Å². The maximum Gasteiger partial charge on any atom is 0.387 e. The number of methoxy groups -OCH3 is 2. The summed E-state index contributed by atoms with van der Waals surface area (Å²) in [5.41, 5.74) is 1.15. The molecule has 0 fully saturated rings. The molecule has 1 amide bonds. The number of hydrogen-bond acceptors (Lipinski definition) is 4. The van der Waals surface area contributed by atoms with E-state index < -0.39 is 6.61 Å². The van der Waals surface area contributed by atoms with Gasteiger partial charge in [0.15, 0.2) is 0 Å². The lowest BCUT2D eigenvalue weighted by atomic mass is 10.1. The van der Waals surface area contributed by atoms with Gasteiger partial charge in [-0.1, -0.05) is 12.1 Å². The van der Waals surface area contributed by atoms with Crippen LogP contribution in [0.4, 0.5) is 8.78 Å². The van der Waals surface area contributed by atoms with Crippen molar-refractivity contribution in [3.63, 3.8) is 0 Å². The third-order valence-corrected chi connectivity index (χ3v) is 3.55. The predicted molar refractivity (Wildman–Crippen MR) is 88.4 cm³/mol. The number of nitrogens with zero attached hydrogens (tertiary/aromatic N) is 1. The smallest absolute Gasteiger partial charge is 0.387 e. The van der Waals surface area contributed by atoms with E-state index in [2.05, 4.69) is 4.74 Å². The van der Waals surface area contributed by atoms with Gasteiger partial charge in [0.25, 0.3) is 5.91 Å². The molecule has 0 saturated heterocycles. The number of benzene rings is 2. The Labute approximate surface area is 144 Å². The third kappa shape index (κ3) is 4.82. The zero-order valence-corrected chi connectivity index (χ0v) is 14.2. The van der Waals surface area contributed by atoms with Crippen LogP contribution in [0.15, 0.2) is 42.5 Å². The summed E-state index contributed by atoms with van der Waals surface area (Å²) in [5.74, 6) is 0.815. The minimum Gasteiger partial charge on any atom is -0.497 e. The Morgan fingerprint density at radius 2 is 1.68 bits per heavy atom. The van der Waals surface area contributed by atoms with E-state index in [1.807, 2.05) is 0 Å². The molecule has 0 unspecified atom stereocenters. The molecule has 0 aliphatic heterocycles. The van der Waals surface area contributed by atoms with Crippen LogP contribution in [-0.2, 0) is 6.54 Å². The average molecular weight is 351 g/mol. The van der Waals surface area contributed by atoms with Crippen LogP contribution in [0.3, 0.4) is 0 Å². The highest BCUT2D eigenvalue weighted by atomic mass is 19.3. The second-order valence-electron chi connectivity index (χ2n) is 5.25. The van der Waals surface area contributed by atoms with E-state index in [0.29, 0.717) is 23.6 Å². The number of hydrogen-bond donors (Lipinski definition) is 0. The van der Waals surface area contributed by atoms with Crippen molar-refractivity contribution in [1.29, 1.82) is 0 Å². The zero-order valence-electron chi connectivity index (χ0n) is 14.2. The van der Waals surface area contributed by atoms with Gasteiger partial charge in [-0.15, -0.1) is 0 Å². The van der Waals surface area contributed by atoms with Crippen molar-refractivity contribution in [1.82, 2.24) is 4.90 Å². The lowest BCUT2D eigenvalue weighted by Gasteiger charge is -2.19. The summed E-state index contributed by atoms with van der Waals surface area (Å²) < 4.78 is 39.0. The summed E-state index contributed by atoms with van der Waals surface area (Å²) in [6, 6.07) is 11.1. The minimum absolute atomic E-state index is 0.0715. The van der Waals surface area contributed by atoms with Gasteiger partial charge >= 0.3 is 6.61 Å². The SMILES string of the molecule is COc1ccc(OC)c(C(=O)N(C)Cc2ccc(OC(F)F)cc2)c1. The molecule has 0 heterocycles. The molecule has 0 aliphatic carbocycles. The summed E-state index contributed by atoms with van der Waals surface area (Å²) in [6.07, 6.45) is 0. The van der Waals surface area contributed by atoms with Crippen LogP contribution < -0.4 is 14.2 Å². The minimum atomic E-state index is -2.87. The van der Waals surface area contributed by atoms with Gasteiger partial charge < -0.3 is 19.1 Å². The maximum absolute atomic E-state index is 12.7. The average Bonchev–Trinajstić information content (AvgIpc) is 2.61. The number of carbonyl (C=O) groups is 1. The molecule has 134 valence electrons. The number of ether oxygens (including phenoxy) is 3. The van der Waals surface area contributed by atoms with E-state index in [1.54, 1.807) is 37.4 Å². The van der Waals surface area contributed by atoms with Crippen LogP contribution >= 0.6 is 0 Å². The van der Waals surface area contributed by atoms with Crippen molar-refractivity contribution >= 4 is 5.91 Å². The van der Waals surface area contributed by atoms with E-state index in [0.717, 1.165) is 5.56 Å². The summed E-state index contributed by atoms with van der Waals surface area (Å²) >= 11 is 0. The first-order valence-electron chi connectivity index (χ1n) is 7.46. The fourth-order valence-electron chi connectivity index (χ4n) is 2.31. The molecule has 0 saturated carbocycles. The fourth-order valence-corrected chi connectivity index (χ4v) is 2.31. The Balaban J connectivity index is 2.12. The van der Waals surface area contributed by atoms with Gasteiger partial charge in [-0.05, 0) is 35.9 Å². The lowest BCUT2D eigenvalue weighted by molar-refractivity contribution is -0.0498. The topological polar surface area (TPSA) is 48.0 Å². The Morgan fingerprint density at radius 1 is 1.04 bits per heavy atom. The van der Waals surface area contributed by atoms with Crippen molar-refractivity contribution in [2.24, 2.45) is 0 Å². The molecule has 5 nitrogen and oxygen atoms in total. The first-order chi connectivity index (χ1) is 11.9. The number of alkyl halides is 2. The number of carbonyl (C=O) groups excluding carboxylic acids is 1. The molecule has 25 heavy (non-hydrogen) atoms. The molecule has 2 aromatic carbocycles. The van der Waals surface area contributed by atoms with Crippen LogP contribution in [0.5, 0.6) is 17.2 Å². The summed E-state index contributed by atoms with van der Waals surface area (Å²) in [4.78, 5) is 14.2. The highest BCUT2D eigenvalue weighted by Gasteiger charge is 2.18. The summed E-state index contributed by atoms with van der Waals surface area (Å²) in [5, 5.41) is 0. The molecule has 0 aliphatic rings. The van der Waals surface area contributed by atoms with E-state index in [1.165, 1.54) is 31.3 Å². The standard InChI is InChI=1S/C18H19F2NO4/c1-21(11-12-4-6-13(7-5-12)25-18(19)20)17(22)15-10-14(23-2)8-9-16(15)24-3/h4-10,18H,11H2,1-3H3. The molecule has 0 spiro atoms. The number of halogens is 2. The zero-order chi connectivity index (χ0) is 18.4. The van der Waals surface area contributed by atoms with Crippen LogP contribution in [0, 0.1) is 0 Å². The quantitative estimate of drug-likeness (QED) is 0.765. The lowest BCUT2D eigenvalue weighted by Crippen LogP contribution is -2.26. The molecule has 7 heteroatoms. The molecule has 2 rings (SSSR count). The molecule has 0 atom stereocenters. The molecule has 0 N–H and O–H groups in total. The normalized spacial score (nSPS) is 10.5. The van der Waals surface area contributed by atoms with Crippen molar-refractivity contribution in [3.8, 4) is 17.2 Å². The monoisotopic (exact) mass is 351 g/mol. The van der Waals surface area contributed by atoms with Crippen molar-refractivity contribution in [3.05, 3.63) is 53.6 Å². The van der Waals surface area contributed by atoms with Gasteiger partial charge in [-0.3, -0.25) is 4.79 Å². The highest BCUT2D eigenvalue weighted by molar-refractivity contribution is 5.97. The molecule has 0 aromatic heterocycles. The molecule has 0 bridgehead atoms. The second kappa shape index (κ2) is 8.32. The Kier molecular flexibility index (Phi) is 6.16. The summed E-state index contributed by atoms with van der Waals surface area (Å²) in [7, 11) is 4.65. The third-order valence-electron chi connectivity index (χ3n) is 3.55. The Morgan fingerprint density at radius 3 is 2.24 bits per heavy atom. The van der Waals surface area contributed by atoms with Gasteiger partial charge in [0.05, 0.1) is 19.8 Å². The van der Waals surface area contributed by atoms with Gasteiger partial charge in [0.1, 0.15) is 17.2 Å². The highest BCUT2D eigenvalue weighted by Crippen LogP contribution is 2.25. The Bertz CT molecular complexity index is 720. The first kappa shape index (κ1) is 18.5. The van der Waals surface area contributed by atoms with Crippen LogP contribution in [-0.4, -0.2) is 38.7 Å². The number of amides is 1.